The number of aromatic nitrogens is 1. The van der Waals surface area contributed by atoms with Crippen molar-refractivity contribution in [2.24, 2.45) is 0 Å². The standard InChI is InChI=1S/C42H25NO/c1-2-13-29(14-3-1)43-41-30-15-5-4-10-26(30)20-22-34(41)37-25-35(31-16-6-7-17-33(31)42(37)43)28-21-23-38-36(24-28)32-18-8-11-27-12-9-19-39(44-38)40(27)32/h1-25H. The van der Waals surface area contributed by atoms with Gasteiger partial charge in [-0.3, -0.25) is 0 Å². The molecule has 0 bridgehead atoms. The minimum Gasteiger partial charge on any atom is -0.456 e. The van der Waals surface area contributed by atoms with Crippen LogP contribution >= 0.6 is 0 Å². The third-order valence-electron chi connectivity index (χ3n) is 9.34. The normalized spacial score (nSPS) is 12.3. The number of hydrogen-bond acceptors (Lipinski definition) is 1. The Morgan fingerprint density at radius 2 is 1.09 bits per heavy atom. The summed E-state index contributed by atoms with van der Waals surface area (Å²) in [5, 5.41) is 9.87. The van der Waals surface area contributed by atoms with Crippen molar-refractivity contribution in [1.82, 2.24) is 4.57 Å². The maximum atomic E-state index is 6.45. The molecule has 9 aromatic rings. The lowest BCUT2D eigenvalue weighted by atomic mass is 9.90. The van der Waals surface area contributed by atoms with Gasteiger partial charge in [-0.15, -0.1) is 0 Å². The zero-order valence-electron chi connectivity index (χ0n) is 23.8. The second-order valence-corrected chi connectivity index (χ2v) is 11.7. The number of ether oxygens (including phenoxy) is 1. The topological polar surface area (TPSA) is 14.2 Å². The van der Waals surface area contributed by atoms with Gasteiger partial charge in [0.05, 0.1) is 11.0 Å². The van der Waals surface area contributed by atoms with Crippen molar-refractivity contribution in [3.63, 3.8) is 0 Å². The first-order valence-electron chi connectivity index (χ1n) is 15.1. The van der Waals surface area contributed by atoms with Gasteiger partial charge in [-0.1, -0.05) is 115 Å². The van der Waals surface area contributed by atoms with Crippen molar-refractivity contribution in [2.45, 2.75) is 0 Å². The number of benzene rings is 8. The molecule has 204 valence electrons. The fourth-order valence-corrected chi connectivity index (χ4v) is 7.44. The SMILES string of the molecule is c1ccc(-n2c3c4ccccc4ccc3c3cc(-c4ccc5c(c4)-c4cccc6cccc(c46)O5)c4ccccc4c32)cc1. The van der Waals surface area contributed by atoms with E-state index in [9.17, 15) is 0 Å². The quantitative estimate of drug-likeness (QED) is 0.205. The van der Waals surface area contributed by atoms with E-state index in [2.05, 4.69) is 156 Å². The van der Waals surface area contributed by atoms with Gasteiger partial charge in [0, 0.05) is 38.2 Å². The highest BCUT2D eigenvalue weighted by Gasteiger charge is 2.23. The van der Waals surface area contributed by atoms with Crippen molar-refractivity contribution in [1.29, 1.82) is 0 Å². The zero-order valence-corrected chi connectivity index (χ0v) is 23.8. The molecular weight excluding hydrogens is 534 g/mol. The van der Waals surface area contributed by atoms with Crippen LogP contribution in [0.15, 0.2) is 152 Å². The summed E-state index contributed by atoms with van der Waals surface area (Å²) >= 11 is 0. The van der Waals surface area contributed by atoms with Gasteiger partial charge in [0.1, 0.15) is 11.5 Å². The highest BCUT2D eigenvalue weighted by Crippen LogP contribution is 2.49. The van der Waals surface area contributed by atoms with Gasteiger partial charge in [0.15, 0.2) is 0 Å². The summed E-state index contributed by atoms with van der Waals surface area (Å²) in [5.74, 6) is 1.82. The molecule has 0 atom stereocenters. The number of rotatable bonds is 2. The molecule has 10 rings (SSSR count). The number of fused-ring (bicyclic) bond motifs is 9. The van der Waals surface area contributed by atoms with Gasteiger partial charge in [0.25, 0.3) is 0 Å². The smallest absolute Gasteiger partial charge is 0.135 e. The van der Waals surface area contributed by atoms with E-state index in [1.807, 2.05) is 0 Å². The lowest BCUT2D eigenvalue weighted by molar-refractivity contribution is 0.487. The van der Waals surface area contributed by atoms with Crippen LogP contribution in [0, 0.1) is 0 Å². The molecule has 8 aromatic carbocycles. The van der Waals surface area contributed by atoms with Crippen molar-refractivity contribution in [3.05, 3.63) is 152 Å². The molecule has 44 heavy (non-hydrogen) atoms. The van der Waals surface area contributed by atoms with Gasteiger partial charge >= 0.3 is 0 Å². The average molecular weight is 560 g/mol. The molecule has 0 aliphatic carbocycles. The van der Waals surface area contributed by atoms with Gasteiger partial charge < -0.3 is 9.30 Å². The van der Waals surface area contributed by atoms with Gasteiger partial charge in [-0.25, -0.2) is 0 Å². The Hall–Kier alpha value is -5.86. The monoisotopic (exact) mass is 559 g/mol. The Bertz CT molecular complexity index is 2620. The summed E-state index contributed by atoms with van der Waals surface area (Å²) in [5.41, 5.74) is 8.41. The molecule has 2 nitrogen and oxygen atoms in total. The van der Waals surface area contributed by atoms with Crippen LogP contribution in [-0.2, 0) is 0 Å². The van der Waals surface area contributed by atoms with Gasteiger partial charge in [-0.2, -0.15) is 0 Å². The first kappa shape index (κ1) is 23.7. The molecule has 1 aromatic heterocycles. The Labute approximate surface area is 254 Å². The van der Waals surface area contributed by atoms with Crippen LogP contribution in [-0.4, -0.2) is 4.57 Å². The summed E-state index contributed by atoms with van der Waals surface area (Å²) in [6.45, 7) is 0. The van der Waals surface area contributed by atoms with E-state index >= 15 is 0 Å². The zero-order chi connectivity index (χ0) is 28.8. The van der Waals surface area contributed by atoms with Gasteiger partial charge in [0.2, 0.25) is 0 Å². The number of para-hydroxylation sites is 1. The van der Waals surface area contributed by atoms with Crippen LogP contribution in [0.5, 0.6) is 11.5 Å². The van der Waals surface area contributed by atoms with E-state index in [1.54, 1.807) is 0 Å². The fourth-order valence-electron chi connectivity index (χ4n) is 7.44. The summed E-state index contributed by atoms with van der Waals surface area (Å²) in [7, 11) is 0. The number of nitrogens with zero attached hydrogens (tertiary/aromatic N) is 1. The molecule has 0 N–H and O–H groups in total. The third-order valence-corrected chi connectivity index (χ3v) is 9.34. The first-order valence-corrected chi connectivity index (χ1v) is 15.1. The summed E-state index contributed by atoms with van der Waals surface area (Å²) in [4.78, 5) is 0. The van der Waals surface area contributed by atoms with E-state index in [1.165, 1.54) is 76.5 Å². The Balaban J connectivity index is 1.33. The predicted octanol–water partition coefficient (Wildman–Crippen LogP) is 11.7. The van der Waals surface area contributed by atoms with Crippen molar-refractivity contribution >= 4 is 54.1 Å². The molecule has 0 fully saturated rings. The van der Waals surface area contributed by atoms with E-state index < -0.39 is 0 Å². The molecule has 0 spiro atoms. The van der Waals surface area contributed by atoms with E-state index in [4.69, 9.17) is 4.74 Å². The molecule has 1 aliphatic rings. The summed E-state index contributed by atoms with van der Waals surface area (Å²) in [6.07, 6.45) is 0. The highest BCUT2D eigenvalue weighted by molar-refractivity contribution is 6.26. The van der Waals surface area contributed by atoms with E-state index in [-0.39, 0.29) is 0 Å². The van der Waals surface area contributed by atoms with Crippen LogP contribution < -0.4 is 4.74 Å². The summed E-state index contributed by atoms with van der Waals surface area (Å²) in [6, 6.07) is 54.8. The van der Waals surface area contributed by atoms with Crippen LogP contribution in [0.2, 0.25) is 0 Å². The molecule has 0 unspecified atom stereocenters. The predicted molar refractivity (Wildman–Crippen MR) is 184 cm³/mol. The molecule has 0 amide bonds. The lowest BCUT2D eigenvalue weighted by Crippen LogP contribution is -1.97. The first-order chi connectivity index (χ1) is 21.8. The molecule has 0 saturated heterocycles. The van der Waals surface area contributed by atoms with E-state index in [0.29, 0.717) is 0 Å². The minimum atomic E-state index is 0.900. The Kier molecular flexibility index (Phi) is 4.75. The van der Waals surface area contributed by atoms with Crippen molar-refractivity contribution in [3.8, 4) is 39.4 Å². The fraction of sp³-hybridized carbons (Fsp3) is 0. The van der Waals surface area contributed by atoms with Crippen LogP contribution in [0.1, 0.15) is 0 Å². The van der Waals surface area contributed by atoms with Crippen LogP contribution in [0.4, 0.5) is 0 Å². The second kappa shape index (κ2) is 8.82. The lowest BCUT2D eigenvalue weighted by Gasteiger charge is -2.22. The average Bonchev–Trinajstić information content (AvgIpc) is 3.43. The maximum absolute atomic E-state index is 6.45. The molecule has 1 aliphatic heterocycles. The molecule has 0 saturated carbocycles. The Morgan fingerprint density at radius 1 is 0.386 bits per heavy atom. The van der Waals surface area contributed by atoms with Crippen LogP contribution in [0.3, 0.4) is 0 Å². The van der Waals surface area contributed by atoms with E-state index in [0.717, 1.165) is 17.1 Å². The van der Waals surface area contributed by atoms with Crippen molar-refractivity contribution < 1.29 is 4.74 Å². The largest absolute Gasteiger partial charge is 0.456 e. The van der Waals surface area contributed by atoms with Gasteiger partial charge in [-0.05, 0) is 69.2 Å². The van der Waals surface area contributed by atoms with Crippen molar-refractivity contribution in [2.75, 3.05) is 0 Å². The molecule has 0 radical (unpaired) electrons. The minimum absolute atomic E-state index is 0.900. The molecular formula is C42H25NO. The highest BCUT2D eigenvalue weighted by atomic mass is 16.5. The summed E-state index contributed by atoms with van der Waals surface area (Å²) < 4.78 is 8.92. The second-order valence-electron chi connectivity index (χ2n) is 11.7. The molecule has 2 heterocycles. The number of hydrogen-bond donors (Lipinski definition) is 0. The Morgan fingerprint density at radius 3 is 1.98 bits per heavy atom. The van der Waals surface area contributed by atoms with Crippen LogP contribution in [0.25, 0.3) is 82.1 Å². The molecule has 2 heteroatoms. The maximum Gasteiger partial charge on any atom is 0.135 e. The third kappa shape index (κ3) is 3.20.